The number of sulfonamides is 1. The molecule has 0 radical (unpaired) electrons. The molecule has 0 saturated carbocycles. The van der Waals surface area contributed by atoms with Crippen molar-refractivity contribution >= 4 is 54.2 Å². The SMILES string of the molecule is Cc1ccc(Cl)c2sc(N(Cc3ccccn3)C(=O)c3ccc(S(=O)(=O)N4CC(C)OC(C)C4)cc3)nc12. The fraction of sp³-hybridized carbons (Fsp3) is 0.296. The molecule has 3 heterocycles. The van der Waals surface area contributed by atoms with Crippen molar-refractivity contribution in [1.82, 2.24) is 14.3 Å². The molecule has 1 saturated heterocycles. The highest BCUT2D eigenvalue weighted by Crippen LogP contribution is 2.36. The monoisotopic (exact) mass is 570 g/mol. The molecule has 2 aromatic carbocycles. The third-order valence-electron chi connectivity index (χ3n) is 6.33. The van der Waals surface area contributed by atoms with Crippen molar-refractivity contribution in [3.8, 4) is 0 Å². The van der Waals surface area contributed by atoms with Gasteiger partial charge in [0.1, 0.15) is 0 Å². The lowest BCUT2D eigenvalue weighted by molar-refractivity contribution is -0.0440. The number of pyridine rings is 1. The Balaban J connectivity index is 1.48. The van der Waals surface area contributed by atoms with Crippen LogP contribution in [0.5, 0.6) is 0 Å². The van der Waals surface area contributed by atoms with Crippen LogP contribution in [0.2, 0.25) is 5.02 Å². The van der Waals surface area contributed by atoms with Crippen molar-refractivity contribution in [2.45, 2.75) is 44.4 Å². The number of rotatable bonds is 6. The summed E-state index contributed by atoms with van der Waals surface area (Å²) in [6.07, 6.45) is 1.28. The molecule has 2 atom stereocenters. The Labute approximate surface area is 230 Å². The lowest BCUT2D eigenvalue weighted by Crippen LogP contribution is -2.48. The maximum absolute atomic E-state index is 13.8. The van der Waals surface area contributed by atoms with E-state index in [9.17, 15) is 13.2 Å². The van der Waals surface area contributed by atoms with E-state index in [0.29, 0.717) is 21.4 Å². The number of thiazole rings is 1. The Morgan fingerprint density at radius 1 is 1.11 bits per heavy atom. The Bertz CT molecular complexity index is 1530. The molecule has 0 spiro atoms. The third-order valence-corrected chi connectivity index (χ3v) is 9.72. The molecule has 1 fully saturated rings. The normalized spacial score (nSPS) is 18.5. The number of benzene rings is 2. The van der Waals surface area contributed by atoms with Gasteiger partial charge in [-0.3, -0.25) is 14.7 Å². The zero-order chi connectivity index (χ0) is 27.0. The number of hydrogen-bond acceptors (Lipinski definition) is 7. The highest BCUT2D eigenvalue weighted by molar-refractivity contribution is 7.89. The molecule has 0 N–H and O–H groups in total. The minimum atomic E-state index is -3.72. The first kappa shape index (κ1) is 26.7. The second kappa shape index (κ2) is 10.7. The van der Waals surface area contributed by atoms with Gasteiger partial charge >= 0.3 is 0 Å². The van der Waals surface area contributed by atoms with Gasteiger partial charge in [0.05, 0.1) is 44.6 Å². The molecule has 0 aliphatic carbocycles. The molecule has 4 aromatic rings. The number of amides is 1. The Morgan fingerprint density at radius 2 is 1.82 bits per heavy atom. The zero-order valence-corrected chi connectivity index (χ0v) is 23.6. The predicted octanol–water partition coefficient (Wildman–Crippen LogP) is 5.30. The number of nitrogens with zero attached hydrogens (tertiary/aromatic N) is 4. The van der Waals surface area contributed by atoms with E-state index in [-0.39, 0.29) is 42.6 Å². The molecular formula is C27H27ClN4O4S2. The number of carbonyl (C=O) groups excluding carboxylic acids is 1. The zero-order valence-electron chi connectivity index (χ0n) is 21.2. The lowest BCUT2D eigenvalue weighted by atomic mass is 10.2. The first-order valence-electron chi connectivity index (χ1n) is 12.2. The number of ether oxygens (including phenoxy) is 1. The average molecular weight is 571 g/mol. The molecule has 1 aliphatic heterocycles. The summed E-state index contributed by atoms with van der Waals surface area (Å²) in [5.74, 6) is -0.318. The minimum absolute atomic E-state index is 0.133. The van der Waals surface area contributed by atoms with E-state index in [2.05, 4.69) is 4.98 Å². The largest absolute Gasteiger partial charge is 0.373 e. The Kier molecular flexibility index (Phi) is 7.52. The predicted molar refractivity (Wildman–Crippen MR) is 149 cm³/mol. The van der Waals surface area contributed by atoms with Gasteiger partial charge in [-0.25, -0.2) is 13.4 Å². The number of halogens is 1. The van der Waals surface area contributed by atoms with Crippen LogP contribution in [-0.4, -0.2) is 53.9 Å². The van der Waals surface area contributed by atoms with E-state index >= 15 is 0 Å². The van der Waals surface area contributed by atoms with Gasteiger partial charge < -0.3 is 4.74 Å². The van der Waals surface area contributed by atoms with Crippen molar-refractivity contribution in [3.63, 3.8) is 0 Å². The van der Waals surface area contributed by atoms with Gasteiger partial charge in [0.2, 0.25) is 10.0 Å². The second-order valence-corrected chi connectivity index (χ2v) is 12.7. The van der Waals surface area contributed by atoms with Crippen LogP contribution in [0, 0.1) is 6.92 Å². The summed E-state index contributed by atoms with van der Waals surface area (Å²) in [7, 11) is -3.72. The smallest absolute Gasteiger partial charge is 0.260 e. The summed E-state index contributed by atoms with van der Waals surface area (Å²) in [5.41, 5.74) is 2.73. The van der Waals surface area contributed by atoms with E-state index < -0.39 is 10.0 Å². The molecular weight excluding hydrogens is 544 g/mol. The van der Waals surface area contributed by atoms with Crippen LogP contribution < -0.4 is 4.90 Å². The van der Waals surface area contributed by atoms with E-state index in [0.717, 1.165) is 15.8 Å². The summed E-state index contributed by atoms with van der Waals surface area (Å²) < 4.78 is 34.4. The lowest BCUT2D eigenvalue weighted by Gasteiger charge is -2.34. The fourth-order valence-electron chi connectivity index (χ4n) is 4.49. The number of morpholine rings is 1. The number of aromatic nitrogens is 2. The van der Waals surface area contributed by atoms with E-state index in [4.69, 9.17) is 21.3 Å². The minimum Gasteiger partial charge on any atom is -0.373 e. The quantitative estimate of drug-likeness (QED) is 0.312. The molecule has 1 aliphatic rings. The van der Waals surface area contributed by atoms with Crippen molar-refractivity contribution in [2.75, 3.05) is 18.0 Å². The molecule has 2 unspecified atom stereocenters. The standard InChI is InChI=1S/C27H27ClN4O4S2/c1-17-7-12-23(28)25-24(17)30-27(37-25)32(16-21-6-4-5-13-29-21)26(33)20-8-10-22(11-9-20)38(34,35)31-14-18(2)36-19(3)15-31/h4-13,18-19H,14-16H2,1-3H3. The van der Waals surface area contributed by atoms with Crippen molar-refractivity contribution in [1.29, 1.82) is 0 Å². The second-order valence-electron chi connectivity index (χ2n) is 9.35. The molecule has 198 valence electrons. The Morgan fingerprint density at radius 3 is 2.45 bits per heavy atom. The van der Waals surface area contributed by atoms with Gasteiger partial charge in [0.25, 0.3) is 5.91 Å². The number of hydrogen-bond donors (Lipinski definition) is 0. The number of anilines is 1. The van der Waals surface area contributed by atoms with Crippen LogP contribution >= 0.6 is 22.9 Å². The van der Waals surface area contributed by atoms with Crippen molar-refractivity contribution in [2.24, 2.45) is 0 Å². The molecule has 11 heteroatoms. The summed E-state index contributed by atoms with van der Waals surface area (Å²) in [6, 6.07) is 15.3. The molecule has 2 aromatic heterocycles. The van der Waals surface area contributed by atoms with E-state index in [1.807, 2.05) is 51.1 Å². The highest BCUT2D eigenvalue weighted by Gasteiger charge is 2.32. The van der Waals surface area contributed by atoms with Crippen LogP contribution in [0.4, 0.5) is 5.13 Å². The van der Waals surface area contributed by atoms with Crippen LogP contribution in [0.1, 0.15) is 35.5 Å². The molecule has 8 nitrogen and oxygen atoms in total. The van der Waals surface area contributed by atoms with Crippen LogP contribution in [0.15, 0.2) is 65.7 Å². The van der Waals surface area contributed by atoms with Gasteiger partial charge in [-0.2, -0.15) is 4.31 Å². The maximum Gasteiger partial charge on any atom is 0.260 e. The maximum atomic E-state index is 13.8. The number of aryl methyl sites for hydroxylation is 1. The summed E-state index contributed by atoms with van der Waals surface area (Å²) in [5, 5.41) is 1.06. The van der Waals surface area contributed by atoms with Gasteiger partial charge in [0.15, 0.2) is 5.13 Å². The van der Waals surface area contributed by atoms with Crippen LogP contribution in [0.25, 0.3) is 10.2 Å². The summed E-state index contributed by atoms with van der Waals surface area (Å²) in [6.45, 7) is 6.41. The van der Waals surface area contributed by atoms with Gasteiger partial charge in [-0.05, 0) is 68.8 Å². The van der Waals surface area contributed by atoms with Gasteiger partial charge in [0, 0.05) is 24.8 Å². The molecule has 0 bridgehead atoms. The Hall–Kier alpha value is -2.89. The number of carbonyl (C=O) groups is 1. The molecule has 38 heavy (non-hydrogen) atoms. The number of fused-ring (bicyclic) bond motifs is 1. The van der Waals surface area contributed by atoms with Crippen LogP contribution in [-0.2, 0) is 21.3 Å². The van der Waals surface area contributed by atoms with Gasteiger partial charge in [-0.1, -0.05) is 35.1 Å². The fourth-order valence-corrected chi connectivity index (χ4v) is 7.39. The topological polar surface area (TPSA) is 92.7 Å². The van der Waals surface area contributed by atoms with E-state index in [1.165, 1.54) is 27.8 Å². The first-order chi connectivity index (χ1) is 18.1. The first-order valence-corrected chi connectivity index (χ1v) is 14.8. The van der Waals surface area contributed by atoms with Crippen molar-refractivity contribution in [3.05, 3.63) is 82.6 Å². The summed E-state index contributed by atoms with van der Waals surface area (Å²) in [4.78, 5) is 24.6. The van der Waals surface area contributed by atoms with E-state index in [1.54, 1.807) is 23.2 Å². The molecule has 1 amide bonds. The highest BCUT2D eigenvalue weighted by atomic mass is 35.5. The van der Waals surface area contributed by atoms with Crippen LogP contribution in [0.3, 0.4) is 0 Å². The van der Waals surface area contributed by atoms with Crippen molar-refractivity contribution < 1.29 is 17.9 Å². The third kappa shape index (κ3) is 5.32. The van der Waals surface area contributed by atoms with Gasteiger partial charge in [-0.15, -0.1) is 0 Å². The average Bonchev–Trinajstić information content (AvgIpc) is 3.36. The molecule has 5 rings (SSSR count). The summed E-state index contributed by atoms with van der Waals surface area (Å²) >= 11 is 7.77.